The first-order valence-electron chi connectivity index (χ1n) is 6.65. The molecule has 1 fully saturated rings. The predicted molar refractivity (Wildman–Crippen MR) is 70.9 cm³/mol. The van der Waals surface area contributed by atoms with Crippen molar-refractivity contribution in [3.8, 4) is 0 Å². The average Bonchev–Trinajstić information content (AvgIpc) is 3.15. The fourth-order valence-corrected chi connectivity index (χ4v) is 2.09. The molecule has 2 N–H and O–H groups in total. The van der Waals surface area contributed by atoms with Crippen molar-refractivity contribution in [3.63, 3.8) is 0 Å². The van der Waals surface area contributed by atoms with Crippen LogP contribution in [0.2, 0.25) is 0 Å². The lowest BCUT2D eigenvalue weighted by Crippen LogP contribution is -2.30. The molecule has 0 bridgehead atoms. The Bertz CT molecular complexity index is 360. The molecule has 2 nitrogen and oxygen atoms in total. The molecule has 2 atom stereocenters. The number of nitrogens with two attached hydrogens (primary N) is 1. The van der Waals surface area contributed by atoms with Crippen LogP contribution in [-0.2, 0) is 4.74 Å². The first kappa shape index (κ1) is 12.6. The summed E-state index contributed by atoms with van der Waals surface area (Å²) in [5.74, 6) is 0.783. The number of hydrogen-bond acceptors (Lipinski definition) is 2. The molecule has 94 valence electrons. The molecule has 0 amide bonds. The first-order chi connectivity index (χ1) is 8.22. The fourth-order valence-electron chi connectivity index (χ4n) is 2.09. The van der Waals surface area contributed by atoms with Gasteiger partial charge in [-0.05, 0) is 43.2 Å². The van der Waals surface area contributed by atoms with Gasteiger partial charge in [0.2, 0.25) is 0 Å². The first-order valence-corrected chi connectivity index (χ1v) is 6.65. The zero-order valence-electron chi connectivity index (χ0n) is 10.9. The SMILES string of the molecule is CCC(N)C(OCC1CC1)c1ccccc1C. The van der Waals surface area contributed by atoms with E-state index in [1.54, 1.807) is 0 Å². The van der Waals surface area contributed by atoms with Gasteiger partial charge in [-0.2, -0.15) is 0 Å². The maximum atomic E-state index is 6.20. The zero-order valence-corrected chi connectivity index (χ0v) is 10.9. The Morgan fingerprint density at radius 3 is 2.65 bits per heavy atom. The molecule has 2 rings (SSSR count). The molecular weight excluding hydrogens is 210 g/mol. The number of aryl methyl sites for hydroxylation is 1. The van der Waals surface area contributed by atoms with Crippen molar-refractivity contribution in [2.75, 3.05) is 6.61 Å². The molecule has 1 saturated carbocycles. The van der Waals surface area contributed by atoms with Crippen molar-refractivity contribution in [2.24, 2.45) is 11.7 Å². The summed E-state index contributed by atoms with van der Waals surface area (Å²) in [5.41, 5.74) is 8.73. The lowest BCUT2D eigenvalue weighted by molar-refractivity contribution is 0.0264. The van der Waals surface area contributed by atoms with Crippen molar-refractivity contribution >= 4 is 0 Å². The van der Waals surface area contributed by atoms with Gasteiger partial charge in [-0.25, -0.2) is 0 Å². The maximum Gasteiger partial charge on any atom is 0.0978 e. The van der Waals surface area contributed by atoms with Gasteiger partial charge in [0.05, 0.1) is 12.7 Å². The lowest BCUT2D eigenvalue weighted by atomic mass is 9.97. The Balaban J connectivity index is 2.10. The number of ether oxygens (including phenoxy) is 1. The van der Waals surface area contributed by atoms with E-state index in [1.807, 2.05) is 0 Å². The van der Waals surface area contributed by atoms with E-state index < -0.39 is 0 Å². The van der Waals surface area contributed by atoms with Gasteiger partial charge < -0.3 is 10.5 Å². The summed E-state index contributed by atoms with van der Waals surface area (Å²) in [6.45, 7) is 5.12. The fraction of sp³-hybridized carbons (Fsp3) is 0.600. The molecule has 0 aliphatic heterocycles. The van der Waals surface area contributed by atoms with E-state index in [0.717, 1.165) is 18.9 Å². The molecule has 1 aromatic carbocycles. The van der Waals surface area contributed by atoms with Gasteiger partial charge in [-0.15, -0.1) is 0 Å². The molecular formula is C15H23NO. The quantitative estimate of drug-likeness (QED) is 0.819. The second-order valence-corrected chi connectivity index (χ2v) is 5.13. The van der Waals surface area contributed by atoms with E-state index in [-0.39, 0.29) is 12.1 Å². The Morgan fingerprint density at radius 2 is 2.06 bits per heavy atom. The molecule has 0 spiro atoms. The van der Waals surface area contributed by atoms with Crippen LogP contribution in [-0.4, -0.2) is 12.6 Å². The predicted octanol–water partition coefficient (Wildman–Crippen LogP) is 3.20. The van der Waals surface area contributed by atoms with Crippen LogP contribution in [0.15, 0.2) is 24.3 Å². The summed E-state index contributed by atoms with van der Waals surface area (Å²) in [6.07, 6.45) is 3.65. The second-order valence-electron chi connectivity index (χ2n) is 5.13. The molecule has 17 heavy (non-hydrogen) atoms. The van der Waals surface area contributed by atoms with Crippen molar-refractivity contribution < 1.29 is 4.74 Å². The molecule has 0 aromatic heterocycles. The van der Waals surface area contributed by atoms with Gasteiger partial charge >= 0.3 is 0 Å². The Hall–Kier alpha value is -0.860. The summed E-state index contributed by atoms with van der Waals surface area (Å²) >= 11 is 0. The maximum absolute atomic E-state index is 6.20. The summed E-state index contributed by atoms with van der Waals surface area (Å²) in [5, 5.41) is 0. The van der Waals surface area contributed by atoms with Gasteiger partial charge in [-0.1, -0.05) is 31.2 Å². The smallest absolute Gasteiger partial charge is 0.0978 e. The average molecular weight is 233 g/mol. The minimum atomic E-state index is 0.0572. The molecule has 0 saturated heterocycles. The van der Waals surface area contributed by atoms with Crippen LogP contribution in [0, 0.1) is 12.8 Å². The lowest BCUT2D eigenvalue weighted by Gasteiger charge is -2.25. The molecule has 2 unspecified atom stereocenters. The zero-order chi connectivity index (χ0) is 12.3. The van der Waals surface area contributed by atoms with Crippen molar-refractivity contribution in [1.82, 2.24) is 0 Å². The van der Waals surface area contributed by atoms with Crippen LogP contribution in [0.5, 0.6) is 0 Å². The number of benzene rings is 1. The highest BCUT2D eigenvalue weighted by atomic mass is 16.5. The van der Waals surface area contributed by atoms with Crippen molar-refractivity contribution in [1.29, 1.82) is 0 Å². The highest BCUT2D eigenvalue weighted by molar-refractivity contribution is 5.28. The summed E-state index contributed by atoms with van der Waals surface area (Å²) < 4.78 is 6.06. The second kappa shape index (κ2) is 5.65. The molecule has 1 aliphatic rings. The van der Waals surface area contributed by atoms with E-state index in [9.17, 15) is 0 Å². The normalized spacial score (nSPS) is 19.0. The van der Waals surface area contributed by atoms with Crippen LogP contribution < -0.4 is 5.73 Å². The van der Waals surface area contributed by atoms with Crippen LogP contribution in [0.25, 0.3) is 0 Å². The molecule has 1 aliphatic carbocycles. The summed E-state index contributed by atoms with van der Waals surface area (Å²) in [7, 11) is 0. The van der Waals surface area contributed by atoms with Crippen LogP contribution in [0.1, 0.15) is 43.4 Å². The highest BCUT2D eigenvalue weighted by Gasteiger charge is 2.26. The van der Waals surface area contributed by atoms with E-state index in [0.29, 0.717) is 0 Å². The van der Waals surface area contributed by atoms with Crippen LogP contribution in [0.3, 0.4) is 0 Å². The molecule has 0 radical (unpaired) electrons. The van der Waals surface area contributed by atoms with E-state index in [4.69, 9.17) is 10.5 Å². The standard InChI is InChI=1S/C15H23NO/c1-3-14(16)15(17-10-12-8-9-12)13-7-5-4-6-11(13)2/h4-7,12,14-15H,3,8-10,16H2,1-2H3. The highest BCUT2D eigenvalue weighted by Crippen LogP contribution is 2.32. The topological polar surface area (TPSA) is 35.2 Å². The summed E-state index contributed by atoms with van der Waals surface area (Å²) in [6, 6.07) is 8.50. The van der Waals surface area contributed by atoms with E-state index >= 15 is 0 Å². The molecule has 1 aromatic rings. The van der Waals surface area contributed by atoms with Gasteiger partial charge in [0.15, 0.2) is 0 Å². The third kappa shape index (κ3) is 3.30. The molecule has 0 heterocycles. The Labute approximate surface area is 104 Å². The van der Waals surface area contributed by atoms with Crippen LogP contribution in [0.4, 0.5) is 0 Å². The third-order valence-electron chi connectivity index (χ3n) is 3.56. The number of hydrogen-bond donors (Lipinski definition) is 1. The minimum Gasteiger partial charge on any atom is -0.372 e. The summed E-state index contributed by atoms with van der Waals surface area (Å²) in [4.78, 5) is 0. The Morgan fingerprint density at radius 1 is 1.35 bits per heavy atom. The van der Waals surface area contributed by atoms with Gasteiger partial charge in [0, 0.05) is 6.04 Å². The van der Waals surface area contributed by atoms with Crippen LogP contribution >= 0.6 is 0 Å². The minimum absolute atomic E-state index is 0.0572. The van der Waals surface area contributed by atoms with Gasteiger partial charge in [0.25, 0.3) is 0 Å². The third-order valence-corrected chi connectivity index (χ3v) is 3.56. The van der Waals surface area contributed by atoms with E-state index in [2.05, 4.69) is 38.1 Å². The monoisotopic (exact) mass is 233 g/mol. The van der Waals surface area contributed by atoms with Gasteiger partial charge in [-0.3, -0.25) is 0 Å². The largest absolute Gasteiger partial charge is 0.372 e. The Kier molecular flexibility index (Phi) is 4.19. The van der Waals surface area contributed by atoms with Crippen molar-refractivity contribution in [2.45, 2.75) is 45.3 Å². The van der Waals surface area contributed by atoms with E-state index in [1.165, 1.54) is 24.0 Å². The van der Waals surface area contributed by atoms with Gasteiger partial charge in [0.1, 0.15) is 0 Å². The molecule has 2 heteroatoms. The van der Waals surface area contributed by atoms with Crippen molar-refractivity contribution in [3.05, 3.63) is 35.4 Å². The number of rotatable bonds is 6.